The summed E-state index contributed by atoms with van der Waals surface area (Å²) in [5.41, 5.74) is 2.28. The predicted molar refractivity (Wildman–Crippen MR) is 121 cm³/mol. The minimum absolute atomic E-state index is 0.130. The summed E-state index contributed by atoms with van der Waals surface area (Å²) >= 11 is 4.70. The maximum Gasteiger partial charge on any atom is 0.262 e. The van der Waals surface area contributed by atoms with Crippen LogP contribution < -0.4 is 10.9 Å². The summed E-state index contributed by atoms with van der Waals surface area (Å²) in [5.74, 6) is -0.0435. The number of thioether (sulfide) groups is 1. The Bertz CT molecular complexity index is 1100. The van der Waals surface area contributed by atoms with Gasteiger partial charge in [0.05, 0.1) is 35.0 Å². The van der Waals surface area contributed by atoms with Crippen molar-refractivity contribution in [1.82, 2.24) is 9.55 Å². The maximum absolute atomic E-state index is 13.0. The van der Waals surface area contributed by atoms with Gasteiger partial charge in [-0.2, -0.15) is 0 Å². The lowest BCUT2D eigenvalue weighted by molar-refractivity contribution is -0.113. The van der Waals surface area contributed by atoms with Crippen molar-refractivity contribution in [2.45, 2.75) is 25.0 Å². The third-order valence-corrected chi connectivity index (χ3v) is 5.96. The van der Waals surface area contributed by atoms with Crippen LogP contribution in [0.5, 0.6) is 0 Å². The van der Waals surface area contributed by atoms with Crippen molar-refractivity contribution in [3.05, 3.63) is 62.9 Å². The zero-order valence-electron chi connectivity index (χ0n) is 16.4. The molecule has 1 N–H and O–H groups in total. The van der Waals surface area contributed by atoms with E-state index in [2.05, 4.69) is 26.2 Å². The Labute approximate surface area is 181 Å². The van der Waals surface area contributed by atoms with E-state index < -0.39 is 0 Å². The number of nitrogens with one attached hydrogen (secondary N) is 1. The smallest absolute Gasteiger partial charge is 0.262 e. The number of rotatable bonds is 7. The van der Waals surface area contributed by atoms with E-state index in [0.29, 0.717) is 28.4 Å². The van der Waals surface area contributed by atoms with Gasteiger partial charge in [0, 0.05) is 11.6 Å². The number of benzene rings is 2. The van der Waals surface area contributed by atoms with Crippen LogP contribution in [0.3, 0.4) is 0 Å². The van der Waals surface area contributed by atoms with Crippen molar-refractivity contribution >= 4 is 50.2 Å². The minimum Gasteiger partial charge on any atom is -0.383 e. The molecule has 0 fully saturated rings. The lowest BCUT2D eigenvalue weighted by atomic mass is 10.2. The van der Waals surface area contributed by atoms with Crippen LogP contribution in [0, 0.1) is 6.92 Å². The van der Waals surface area contributed by atoms with Gasteiger partial charge < -0.3 is 10.1 Å². The fraction of sp³-hybridized carbons (Fsp3) is 0.286. The van der Waals surface area contributed by atoms with Gasteiger partial charge in [0.2, 0.25) is 5.91 Å². The summed E-state index contributed by atoms with van der Waals surface area (Å²) < 4.78 is 7.65. The molecule has 6 nitrogen and oxygen atoms in total. The van der Waals surface area contributed by atoms with E-state index in [9.17, 15) is 9.59 Å². The number of aryl methyl sites for hydroxylation is 1. The number of para-hydroxylation sites is 1. The molecule has 3 aromatic rings. The molecule has 1 atom stereocenters. The van der Waals surface area contributed by atoms with E-state index >= 15 is 0 Å². The van der Waals surface area contributed by atoms with Gasteiger partial charge in [-0.25, -0.2) is 4.98 Å². The number of methoxy groups -OCH3 is 1. The summed E-state index contributed by atoms with van der Waals surface area (Å²) in [6, 6.07) is 12.7. The van der Waals surface area contributed by atoms with E-state index in [0.717, 1.165) is 10.0 Å². The predicted octanol–water partition coefficient (Wildman–Crippen LogP) is 4.41. The zero-order valence-corrected chi connectivity index (χ0v) is 18.8. The molecular formula is C21H22BrN3O3S. The first-order chi connectivity index (χ1) is 13.9. The second kappa shape index (κ2) is 9.56. The molecule has 8 heteroatoms. The molecule has 0 spiro atoms. The Kier molecular flexibility index (Phi) is 7.10. The van der Waals surface area contributed by atoms with E-state index in [1.807, 2.05) is 44.2 Å². The van der Waals surface area contributed by atoms with Crippen molar-refractivity contribution < 1.29 is 9.53 Å². The van der Waals surface area contributed by atoms with Crippen LogP contribution in [0.1, 0.15) is 18.5 Å². The topological polar surface area (TPSA) is 73.2 Å². The summed E-state index contributed by atoms with van der Waals surface area (Å²) in [5, 5.41) is 3.93. The number of aromatic nitrogens is 2. The zero-order chi connectivity index (χ0) is 21.0. The Morgan fingerprint density at radius 1 is 1.31 bits per heavy atom. The Balaban J connectivity index is 1.85. The number of halogens is 1. The van der Waals surface area contributed by atoms with Crippen LogP contribution in [0.4, 0.5) is 5.69 Å². The largest absolute Gasteiger partial charge is 0.383 e. The summed E-state index contributed by atoms with van der Waals surface area (Å²) in [6.45, 7) is 4.25. The fourth-order valence-electron chi connectivity index (χ4n) is 2.97. The maximum atomic E-state index is 13.0. The van der Waals surface area contributed by atoms with Crippen LogP contribution in [0.15, 0.2) is 56.9 Å². The van der Waals surface area contributed by atoms with E-state index in [-0.39, 0.29) is 23.3 Å². The van der Waals surface area contributed by atoms with Gasteiger partial charge in [-0.05, 0) is 59.6 Å². The molecule has 0 unspecified atom stereocenters. The molecule has 0 saturated heterocycles. The second-order valence-corrected chi connectivity index (χ2v) is 8.51. The minimum atomic E-state index is -0.207. The molecule has 1 heterocycles. The van der Waals surface area contributed by atoms with Gasteiger partial charge in [0.15, 0.2) is 5.16 Å². The lowest BCUT2D eigenvalue weighted by Gasteiger charge is -2.18. The SMILES string of the molecule is COC[C@H](C)n1c(SCC(=O)Nc2ccc(C)cc2Br)nc2ccccc2c1=O. The first kappa shape index (κ1) is 21.5. The number of anilines is 1. The second-order valence-electron chi connectivity index (χ2n) is 6.71. The van der Waals surface area contributed by atoms with Crippen LogP contribution in [0.25, 0.3) is 10.9 Å². The molecular weight excluding hydrogens is 454 g/mol. The number of ether oxygens (including phenoxy) is 1. The quantitative estimate of drug-likeness (QED) is 0.404. The number of hydrogen-bond acceptors (Lipinski definition) is 5. The molecule has 2 aromatic carbocycles. The van der Waals surface area contributed by atoms with Crippen molar-refractivity contribution in [2.24, 2.45) is 0 Å². The molecule has 0 bridgehead atoms. The van der Waals surface area contributed by atoms with Gasteiger partial charge >= 0.3 is 0 Å². The molecule has 0 aliphatic rings. The molecule has 29 heavy (non-hydrogen) atoms. The molecule has 1 aromatic heterocycles. The first-order valence-electron chi connectivity index (χ1n) is 9.09. The van der Waals surface area contributed by atoms with Gasteiger partial charge in [-0.15, -0.1) is 0 Å². The number of carbonyl (C=O) groups is 1. The highest BCUT2D eigenvalue weighted by molar-refractivity contribution is 9.10. The molecule has 3 rings (SSSR count). The van der Waals surface area contributed by atoms with Crippen molar-refractivity contribution in [2.75, 3.05) is 24.8 Å². The highest BCUT2D eigenvalue weighted by atomic mass is 79.9. The van der Waals surface area contributed by atoms with Crippen molar-refractivity contribution in [3.8, 4) is 0 Å². The summed E-state index contributed by atoms with van der Waals surface area (Å²) in [7, 11) is 1.59. The van der Waals surface area contributed by atoms with Gasteiger partial charge in [-0.3, -0.25) is 14.2 Å². The molecule has 1 amide bonds. The third kappa shape index (κ3) is 5.07. The van der Waals surface area contributed by atoms with E-state index in [1.54, 1.807) is 23.8 Å². The summed E-state index contributed by atoms with van der Waals surface area (Å²) in [6.07, 6.45) is 0. The van der Waals surface area contributed by atoms with Gasteiger partial charge in [0.1, 0.15) is 0 Å². The van der Waals surface area contributed by atoms with Crippen LogP contribution >= 0.6 is 27.7 Å². The summed E-state index contributed by atoms with van der Waals surface area (Å²) in [4.78, 5) is 30.1. The molecule has 0 aliphatic heterocycles. The monoisotopic (exact) mass is 475 g/mol. The average molecular weight is 476 g/mol. The van der Waals surface area contributed by atoms with E-state index in [1.165, 1.54) is 11.8 Å². The highest BCUT2D eigenvalue weighted by Gasteiger charge is 2.18. The third-order valence-electron chi connectivity index (χ3n) is 4.36. The van der Waals surface area contributed by atoms with Crippen LogP contribution in [-0.4, -0.2) is 34.9 Å². The number of carbonyl (C=O) groups excluding carboxylic acids is 1. The normalized spacial score (nSPS) is 12.1. The number of nitrogens with zero attached hydrogens (tertiary/aromatic N) is 2. The molecule has 152 valence electrons. The fourth-order valence-corrected chi connectivity index (χ4v) is 4.46. The number of amides is 1. The molecule has 0 aliphatic carbocycles. The highest BCUT2D eigenvalue weighted by Crippen LogP contribution is 2.25. The number of hydrogen-bond donors (Lipinski definition) is 1. The Morgan fingerprint density at radius 2 is 2.07 bits per heavy atom. The Morgan fingerprint density at radius 3 is 2.79 bits per heavy atom. The average Bonchev–Trinajstić information content (AvgIpc) is 2.69. The van der Waals surface area contributed by atoms with Crippen molar-refractivity contribution in [1.29, 1.82) is 0 Å². The standard InChI is InChI=1S/C21H22BrN3O3S/c1-13-8-9-18(16(22)10-13)23-19(26)12-29-21-24-17-7-5-4-6-15(17)20(27)25(21)14(2)11-28-3/h4-10,14H,11-12H2,1-3H3,(H,23,26)/t14-/m0/s1. The van der Waals surface area contributed by atoms with Crippen molar-refractivity contribution in [3.63, 3.8) is 0 Å². The molecule has 0 saturated carbocycles. The molecule has 0 radical (unpaired) electrons. The Hall–Kier alpha value is -2.16. The first-order valence-corrected chi connectivity index (χ1v) is 10.9. The van der Waals surface area contributed by atoms with Crippen LogP contribution in [-0.2, 0) is 9.53 Å². The lowest BCUT2D eigenvalue weighted by Crippen LogP contribution is -2.29. The van der Waals surface area contributed by atoms with E-state index in [4.69, 9.17) is 4.74 Å². The van der Waals surface area contributed by atoms with Gasteiger partial charge in [0.25, 0.3) is 5.56 Å². The van der Waals surface area contributed by atoms with Crippen LogP contribution in [0.2, 0.25) is 0 Å². The van der Waals surface area contributed by atoms with Gasteiger partial charge in [-0.1, -0.05) is 30.0 Å². The number of fused-ring (bicyclic) bond motifs is 1.